The predicted octanol–water partition coefficient (Wildman–Crippen LogP) is 3.86. The van der Waals surface area contributed by atoms with E-state index >= 15 is 0 Å². The van der Waals surface area contributed by atoms with Gasteiger partial charge in [-0.25, -0.2) is 0 Å². The molecule has 1 amide bonds. The maximum absolute atomic E-state index is 12.3. The van der Waals surface area contributed by atoms with E-state index in [1.54, 1.807) is 42.9 Å². The van der Waals surface area contributed by atoms with Crippen molar-refractivity contribution in [1.82, 2.24) is 15.3 Å². The average Bonchev–Trinajstić information content (AvgIpc) is 2.67. The van der Waals surface area contributed by atoms with Crippen LogP contribution in [0.1, 0.15) is 29.8 Å². The zero-order valence-corrected chi connectivity index (χ0v) is 14.8. The van der Waals surface area contributed by atoms with Gasteiger partial charge in [-0.1, -0.05) is 6.07 Å². The van der Waals surface area contributed by atoms with Gasteiger partial charge < -0.3 is 10.1 Å². The highest BCUT2D eigenvalue weighted by atomic mass is 16.5. The topological polar surface area (TPSA) is 64.1 Å². The normalized spacial score (nSPS) is 10.6. The minimum Gasteiger partial charge on any atom is -0.491 e. The number of ether oxygens (including phenoxy) is 1. The van der Waals surface area contributed by atoms with Crippen LogP contribution in [0.3, 0.4) is 0 Å². The Morgan fingerprint density at radius 3 is 2.50 bits per heavy atom. The number of pyridine rings is 2. The molecule has 0 atom stereocenters. The lowest BCUT2D eigenvalue weighted by atomic mass is 10.1. The van der Waals surface area contributed by atoms with Crippen molar-refractivity contribution in [2.75, 3.05) is 0 Å². The summed E-state index contributed by atoms with van der Waals surface area (Å²) in [7, 11) is 0. The summed E-state index contributed by atoms with van der Waals surface area (Å²) in [4.78, 5) is 20.8. The summed E-state index contributed by atoms with van der Waals surface area (Å²) in [6.45, 7) is 4.35. The van der Waals surface area contributed by atoms with Gasteiger partial charge in [0.15, 0.2) is 0 Å². The largest absolute Gasteiger partial charge is 0.491 e. The highest BCUT2D eigenvalue weighted by Gasteiger charge is 2.07. The van der Waals surface area contributed by atoms with E-state index in [9.17, 15) is 4.79 Å². The van der Waals surface area contributed by atoms with Gasteiger partial charge in [-0.05, 0) is 61.9 Å². The first-order valence-corrected chi connectivity index (χ1v) is 8.52. The summed E-state index contributed by atoms with van der Waals surface area (Å²) in [5, 5.41) is 2.90. The second-order valence-electron chi connectivity index (χ2n) is 6.17. The molecule has 0 bridgehead atoms. The van der Waals surface area contributed by atoms with Gasteiger partial charge in [0.2, 0.25) is 0 Å². The molecule has 2 heterocycles. The molecule has 5 nitrogen and oxygen atoms in total. The SMILES string of the molecule is CC(C)Oc1ccc(C(=O)NCc2ccc(-c3cccnc3)nc2)cc1. The Hall–Kier alpha value is -3.21. The lowest BCUT2D eigenvalue weighted by Gasteiger charge is -2.10. The van der Waals surface area contributed by atoms with Gasteiger partial charge in [0.1, 0.15) is 5.75 Å². The molecule has 0 aliphatic carbocycles. The maximum Gasteiger partial charge on any atom is 0.251 e. The number of hydrogen-bond acceptors (Lipinski definition) is 4. The zero-order chi connectivity index (χ0) is 18.4. The van der Waals surface area contributed by atoms with Crippen LogP contribution in [0.2, 0.25) is 0 Å². The van der Waals surface area contributed by atoms with E-state index in [4.69, 9.17) is 4.74 Å². The van der Waals surface area contributed by atoms with Gasteiger partial charge in [0.25, 0.3) is 5.91 Å². The zero-order valence-electron chi connectivity index (χ0n) is 14.8. The van der Waals surface area contributed by atoms with E-state index in [1.165, 1.54) is 0 Å². The Bertz CT molecular complexity index is 845. The third kappa shape index (κ3) is 4.66. The first-order chi connectivity index (χ1) is 12.6. The molecule has 1 aromatic carbocycles. The fraction of sp³-hybridized carbons (Fsp3) is 0.190. The van der Waals surface area contributed by atoms with Crippen LogP contribution in [-0.4, -0.2) is 22.0 Å². The Kier molecular flexibility index (Phi) is 5.59. The number of aromatic nitrogens is 2. The summed E-state index contributed by atoms with van der Waals surface area (Å²) < 4.78 is 5.58. The molecule has 2 aromatic heterocycles. The summed E-state index contributed by atoms with van der Waals surface area (Å²) in [6.07, 6.45) is 5.38. The van der Waals surface area contributed by atoms with Crippen molar-refractivity contribution in [3.05, 3.63) is 78.2 Å². The van der Waals surface area contributed by atoms with Crippen molar-refractivity contribution in [3.63, 3.8) is 0 Å². The van der Waals surface area contributed by atoms with Crippen LogP contribution in [0.25, 0.3) is 11.3 Å². The molecule has 0 aliphatic rings. The van der Waals surface area contributed by atoms with Crippen LogP contribution in [0.15, 0.2) is 67.1 Å². The van der Waals surface area contributed by atoms with Gasteiger partial charge in [-0.3, -0.25) is 14.8 Å². The summed E-state index contributed by atoms with van der Waals surface area (Å²) >= 11 is 0. The van der Waals surface area contributed by atoms with Crippen molar-refractivity contribution in [3.8, 4) is 17.0 Å². The molecule has 3 aromatic rings. The molecule has 132 valence electrons. The lowest BCUT2D eigenvalue weighted by molar-refractivity contribution is 0.0951. The summed E-state index contributed by atoms with van der Waals surface area (Å²) in [5.74, 6) is 0.629. The molecule has 1 N–H and O–H groups in total. The van der Waals surface area contributed by atoms with Gasteiger partial charge in [0.05, 0.1) is 11.8 Å². The number of rotatable bonds is 6. The number of carbonyl (C=O) groups excluding carboxylic acids is 1. The number of amides is 1. The van der Waals surface area contributed by atoms with Crippen molar-refractivity contribution in [2.24, 2.45) is 0 Å². The van der Waals surface area contributed by atoms with Crippen molar-refractivity contribution in [1.29, 1.82) is 0 Å². The molecule has 5 heteroatoms. The molecule has 0 spiro atoms. The standard InChI is InChI=1S/C21H21N3O2/c1-15(2)26-19-8-6-17(7-9-19)21(25)24-13-16-5-10-20(23-12-16)18-4-3-11-22-14-18/h3-12,14-15H,13H2,1-2H3,(H,24,25). The number of carbonyl (C=O) groups is 1. The van der Waals surface area contributed by atoms with Crippen molar-refractivity contribution < 1.29 is 9.53 Å². The van der Waals surface area contributed by atoms with Crippen molar-refractivity contribution >= 4 is 5.91 Å². The van der Waals surface area contributed by atoms with Gasteiger partial charge >= 0.3 is 0 Å². The number of nitrogens with zero attached hydrogens (tertiary/aromatic N) is 2. The first kappa shape index (κ1) is 17.6. The Morgan fingerprint density at radius 2 is 1.88 bits per heavy atom. The minimum atomic E-state index is -0.127. The van der Waals surface area contributed by atoms with E-state index < -0.39 is 0 Å². The minimum absolute atomic E-state index is 0.108. The second kappa shape index (κ2) is 8.25. The second-order valence-corrected chi connectivity index (χ2v) is 6.17. The van der Waals surface area contributed by atoms with Crippen LogP contribution in [0, 0.1) is 0 Å². The fourth-order valence-corrected chi connectivity index (χ4v) is 2.46. The van der Waals surface area contributed by atoms with Gasteiger partial charge in [-0.15, -0.1) is 0 Å². The maximum atomic E-state index is 12.3. The first-order valence-electron chi connectivity index (χ1n) is 8.52. The summed E-state index contributed by atoms with van der Waals surface area (Å²) in [6, 6.07) is 14.9. The molecule has 0 aliphatic heterocycles. The quantitative estimate of drug-likeness (QED) is 0.735. The highest BCUT2D eigenvalue weighted by molar-refractivity contribution is 5.94. The van der Waals surface area contributed by atoms with E-state index in [0.29, 0.717) is 12.1 Å². The molecular weight excluding hydrogens is 326 g/mol. The lowest BCUT2D eigenvalue weighted by Crippen LogP contribution is -2.22. The number of hydrogen-bond donors (Lipinski definition) is 1. The molecule has 26 heavy (non-hydrogen) atoms. The van der Waals surface area contributed by atoms with E-state index in [0.717, 1.165) is 22.6 Å². The number of nitrogens with one attached hydrogen (secondary N) is 1. The Morgan fingerprint density at radius 1 is 1.08 bits per heavy atom. The molecule has 3 rings (SSSR count). The smallest absolute Gasteiger partial charge is 0.251 e. The third-order valence-electron chi connectivity index (χ3n) is 3.72. The van der Waals surface area contributed by atoms with Gasteiger partial charge in [-0.2, -0.15) is 0 Å². The van der Waals surface area contributed by atoms with Crippen molar-refractivity contribution in [2.45, 2.75) is 26.5 Å². The van der Waals surface area contributed by atoms with E-state index in [-0.39, 0.29) is 12.0 Å². The Labute approximate surface area is 153 Å². The molecule has 0 fully saturated rings. The van der Waals surface area contributed by atoms with Crippen LogP contribution in [0.5, 0.6) is 5.75 Å². The molecule has 0 unspecified atom stereocenters. The highest BCUT2D eigenvalue weighted by Crippen LogP contribution is 2.16. The molecule has 0 saturated heterocycles. The van der Waals surface area contributed by atoms with Crippen LogP contribution in [0.4, 0.5) is 0 Å². The summed E-state index contributed by atoms with van der Waals surface area (Å²) in [5.41, 5.74) is 3.35. The fourth-order valence-electron chi connectivity index (χ4n) is 2.46. The van der Waals surface area contributed by atoms with Crippen LogP contribution in [-0.2, 0) is 6.54 Å². The Balaban J connectivity index is 1.57. The van der Waals surface area contributed by atoms with Crippen LogP contribution >= 0.6 is 0 Å². The van der Waals surface area contributed by atoms with Crippen LogP contribution < -0.4 is 10.1 Å². The third-order valence-corrected chi connectivity index (χ3v) is 3.72. The average molecular weight is 347 g/mol. The molecule has 0 radical (unpaired) electrons. The molecular formula is C21H21N3O2. The van der Waals surface area contributed by atoms with Gasteiger partial charge in [0, 0.05) is 36.3 Å². The monoisotopic (exact) mass is 347 g/mol. The van der Waals surface area contributed by atoms with E-state index in [1.807, 2.05) is 38.1 Å². The molecule has 0 saturated carbocycles. The number of benzene rings is 1. The van der Waals surface area contributed by atoms with E-state index in [2.05, 4.69) is 15.3 Å². The predicted molar refractivity (Wildman–Crippen MR) is 101 cm³/mol.